The molecule has 3 heterocycles. The fourth-order valence-electron chi connectivity index (χ4n) is 3.22. The van der Waals surface area contributed by atoms with Crippen molar-refractivity contribution in [3.8, 4) is 11.4 Å². The highest BCUT2D eigenvalue weighted by molar-refractivity contribution is 7.15. The van der Waals surface area contributed by atoms with Gasteiger partial charge in [0.15, 0.2) is 11.0 Å². The summed E-state index contributed by atoms with van der Waals surface area (Å²) in [6.45, 7) is 2.52. The Morgan fingerprint density at radius 2 is 1.93 bits per heavy atom. The third-order valence-corrected chi connectivity index (χ3v) is 6.10. The molecule has 0 fully saturated rings. The molecule has 27 heavy (non-hydrogen) atoms. The molecule has 3 aromatic rings. The number of carbonyl (C=O) groups is 1. The predicted molar refractivity (Wildman–Crippen MR) is 107 cm³/mol. The number of benzene rings is 1. The van der Waals surface area contributed by atoms with Crippen molar-refractivity contribution >= 4 is 22.4 Å². The molecule has 1 aliphatic heterocycles. The van der Waals surface area contributed by atoms with E-state index in [1.165, 1.54) is 0 Å². The van der Waals surface area contributed by atoms with Gasteiger partial charge in [-0.15, -0.1) is 11.3 Å². The lowest BCUT2D eigenvalue weighted by molar-refractivity contribution is -0.121. The van der Waals surface area contributed by atoms with Gasteiger partial charge in [-0.3, -0.25) is 4.79 Å². The maximum atomic E-state index is 12.2. The van der Waals surface area contributed by atoms with Gasteiger partial charge in [0.05, 0.1) is 12.2 Å². The van der Waals surface area contributed by atoms with Crippen molar-refractivity contribution in [2.75, 3.05) is 19.0 Å². The van der Waals surface area contributed by atoms with Gasteiger partial charge in [0, 0.05) is 49.3 Å². The molecule has 7 heteroatoms. The number of anilines is 1. The third-order valence-electron chi connectivity index (χ3n) is 4.72. The van der Waals surface area contributed by atoms with E-state index in [9.17, 15) is 4.79 Å². The van der Waals surface area contributed by atoms with Gasteiger partial charge in [-0.1, -0.05) is 24.3 Å². The van der Waals surface area contributed by atoms with Crippen LogP contribution in [0.15, 0.2) is 36.7 Å². The average Bonchev–Trinajstić information content (AvgIpc) is 3.03. The molecule has 0 unspecified atom stereocenters. The van der Waals surface area contributed by atoms with Crippen LogP contribution in [0.2, 0.25) is 0 Å². The number of nitrogens with zero attached hydrogens (tertiary/aromatic N) is 4. The van der Waals surface area contributed by atoms with Gasteiger partial charge in [0.2, 0.25) is 5.91 Å². The topological polar surface area (TPSA) is 71.0 Å². The van der Waals surface area contributed by atoms with Crippen LogP contribution in [0.25, 0.3) is 11.4 Å². The molecule has 0 spiro atoms. The fourth-order valence-corrected chi connectivity index (χ4v) is 4.36. The minimum Gasteiger partial charge on any atom is -0.354 e. The zero-order valence-corrected chi connectivity index (χ0v) is 16.4. The first-order valence-corrected chi connectivity index (χ1v) is 9.66. The number of carbonyl (C=O) groups excluding carboxylic acids is 1. The van der Waals surface area contributed by atoms with Gasteiger partial charge in [0.25, 0.3) is 0 Å². The number of amides is 1. The average molecular weight is 379 g/mol. The van der Waals surface area contributed by atoms with Gasteiger partial charge in [0.1, 0.15) is 0 Å². The molecule has 4 rings (SSSR count). The summed E-state index contributed by atoms with van der Waals surface area (Å²) in [6, 6.07) is 8.06. The van der Waals surface area contributed by atoms with Crippen LogP contribution in [0.1, 0.15) is 34.0 Å². The summed E-state index contributed by atoms with van der Waals surface area (Å²) in [5.41, 5.74) is 4.04. The Bertz CT molecular complexity index is 980. The number of thiazole rings is 1. The number of nitrogens with one attached hydrogen (secondary N) is 1. The van der Waals surface area contributed by atoms with Gasteiger partial charge in [-0.2, -0.15) is 0 Å². The van der Waals surface area contributed by atoms with Crippen molar-refractivity contribution in [3.05, 3.63) is 58.4 Å². The Morgan fingerprint density at radius 3 is 2.63 bits per heavy atom. The van der Waals surface area contributed by atoms with Gasteiger partial charge < -0.3 is 10.2 Å². The normalized spacial score (nSPS) is 16.4. The van der Waals surface area contributed by atoms with Crippen molar-refractivity contribution in [1.82, 2.24) is 20.3 Å². The minimum absolute atomic E-state index is 0.0274. The summed E-state index contributed by atoms with van der Waals surface area (Å²) in [5, 5.41) is 3.89. The third kappa shape index (κ3) is 3.42. The van der Waals surface area contributed by atoms with E-state index in [1.807, 2.05) is 49.6 Å². The van der Waals surface area contributed by atoms with Crippen LogP contribution < -0.4 is 10.2 Å². The highest BCUT2D eigenvalue weighted by atomic mass is 32.1. The Labute approximate surface area is 162 Å². The second kappa shape index (κ2) is 7.08. The van der Waals surface area contributed by atoms with Crippen LogP contribution in [-0.4, -0.2) is 35.0 Å². The first-order chi connectivity index (χ1) is 13.0. The van der Waals surface area contributed by atoms with E-state index in [2.05, 4.69) is 33.3 Å². The molecule has 1 aliphatic rings. The predicted octanol–water partition coefficient (Wildman–Crippen LogP) is 3.13. The van der Waals surface area contributed by atoms with Crippen LogP contribution in [0.4, 0.5) is 5.13 Å². The number of aromatic nitrogens is 3. The number of aryl methyl sites for hydroxylation is 1. The molecule has 138 valence electrons. The van der Waals surface area contributed by atoms with Crippen LogP contribution in [0, 0.1) is 6.92 Å². The summed E-state index contributed by atoms with van der Waals surface area (Å²) in [5.74, 6) is 0.660. The van der Waals surface area contributed by atoms with E-state index in [4.69, 9.17) is 0 Å². The monoisotopic (exact) mass is 379 g/mol. The fraction of sp³-hybridized carbons (Fsp3) is 0.300. The van der Waals surface area contributed by atoms with Crippen molar-refractivity contribution in [3.63, 3.8) is 0 Å². The number of hydrogen-bond acceptors (Lipinski definition) is 6. The van der Waals surface area contributed by atoms with Crippen LogP contribution >= 0.6 is 11.3 Å². The van der Waals surface area contributed by atoms with E-state index < -0.39 is 0 Å². The number of rotatable bonds is 3. The maximum absolute atomic E-state index is 12.2. The molecule has 0 saturated heterocycles. The lowest BCUT2D eigenvalue weighted by Crippen LogP contribution is -2.21. The lowest BCUT2D eigenvalue weighted by atomic mass is 9.96. The Balaban J connectivity index is 1.72. The first kappa shape index (κ1) is 17.6. The standard InChI is InChI=1S/C20H21N5OS/c1-12-6-4-5-7-14(12)19-22-9-13(10-23-19)15-8-17(26)21-11-16-18(15)27-20(24-16)25(2)3/h4-7,9-10,15H,8,11H2,1-3H3,(H,21,26)/t15-/m1/s1. The van der Waals surface area contributed by atoms with Crippen molar-refractivity contribution < 1.29 is 4.79 Å². The van der Waals surface area contributed by atoms with Crippen LogP contribution in [-0.2, 0) is 11.3 Å². The molecular formula is C20H21N5OS. The highest BCUT2D eigenvalue weighted by Gasteiger charge is 2.29. The largest absolute Gasteiger partial charge is 0.354 e. The van der Waals surface area contributed by atoms with E-state index >= 15 is 0 Å². The molecule has 1 aromatic carbocycles. The molecule has 0 bridgehead atoms. The smallest absolute Gasteiger partial charge is 0.221 e. The van der Waals surface area contributed by atoms with Crippen LogP contribution in [0.5, 0.6) is 0 Å². The molecular weight excluding hydrogens is 358 g/mol. The molecule has 0 radical (unpaired) electrons. The van der Waals surface area contributed by atoms with Crippen LogP contribution in [0.3, 0.4) is 0 Å². The molecule has 2 aromatic heterocycles. The summed E-state index contributed by atoms with van der Waals surface area (Å²) < 4.78 is 0. The van der Waals surface area contributed by atoms with E-state index in [0.29, 0.717) is 18.8 Å². The molecule has 1 N–H and O–H groups in total. The second-order valence-electron chi connectivity index (χ2n) is 6.89. The molecule has 1 atom stereocenters. The summed E-state index contributed by atoms with van der Waals surface area (Å²) in [7, 11) is 3.96. The van der Waals surface area contributed by atoms with Crippen molar-refractivity contribution in [2.45, 2.75) is 25.8 Å². The minimum atomic E-state index is -0.0698. The number of fused-ring (bicyclic) bond motifs is 1. The van der Waals surface area contributed by atoms with E-state index in [-0.39, 0.29) is 11.8 Å². The molecule has 1 amide bonds. The van der Waals surface area contributed by atoms with E-state index in [1.54, 1.807) is 11.3 Å². The second-order valence-corrected chi connectivity index (χ2v) is 7.90. The van der Waals surface area contributed by atoms with Crippen molar-refractivity contribution in [1.29, 1.82) is 0 Å². The van der Waals surface area contributed by atoms with Gasteiger partial charge >= 0.3 is 0 Å². The highest BCUT2D eigenvalue weighted by Crippen LogP contribution is 2.38. The lowest BCUT2D eigenvalue weighted by Gasteiger charge is -2.14. The zero-order chi connectivity index (χ0) is 19.0. The summed E-state index contributed by atoms with van der Waals surface area (Å²) >= 11 is 1.63. The zero-order valence-electron chi connectivity index (χ0n) is 15.6. The Kier molecular flexibility index (Phi) is 4.61. The van der Waals surface area contributed by atoms with E-state index in [0.717, 1.165) is 32.4 Å². The van der Waals surface area contributed by atoms with Gasteiger partial charge in [-0.25, -0.2) is 15.0 Å². The molecule has 0 saturated carbocycles. The Hall–Kier alpha value is -2.80. The molecule has 0 aliphatic carbocycles. The quantitative estimate of drug-likeness (QED) is 0.757. The summed E-state index contributed by atoms with van der Waals surface area (Å²) in [4.78, 5) is 29.2. The maximum Gasteiger partial charge on any atom is 0.221 e. The first-order valence-electron chi connectivity index (χ1n) is 8.84. The summed E-state index contributed by atoms with van der Waals surface area (Å²) in [6.07, 6.45) is 4.07. The number of hydrogen-bond donors (Lipinski definition) is 1. The SMILES string of the molecule is Cc1ccccc1-c1ncc([C@H]2CC(=O)NCc3nc(N(C)C)sc32)cn1. The van der Waals surface area contributed by atoms with Gasteiger partial charge in [-0.05, 0) is 18.1 Å². The molecule has 6 nitrogen and oxygen atoms in total. The van der Waals surface area contributed by atoms with Crippen molar-refractivity contribution in [2.24, 2.45) is 0 Å². The Morgan fingerprint density at radius 1 is 1.19 bits per heavy atom.